The van der Waals surface area contributed by atoms with E-state index in [0.717, 1.165) is 45.8 Å². The lowest BCUT2D eigenvalue weighted by Gasteiger charge is -2.26. The van der Waals surface area contributed by atoms with Crippen LogP contribution in [-0.2, 0) is 17.7 Å². The molecule has 1 aliphatic rings. The molecule has 0 spiro atoms. The van der Waals surface area contributed by atoms with Gasteiger partial charge >= 0.3 is 0 Å². The van der Waals surface area contributed by atoms with E-state index in [-0.39, 0.29) is 0 Å². The van der Waals surface area contributed by atoms with Crippen LogP contribution in [0, 0.1) is 0 Å². The molecule has 2 heterocycles. The van der Waals surface area contributed by atoms with Crippen molar-refractivity contribution in [1.82, 2.24) is 10.2 Å². The van der Waals surface area contributed by atoms with E-state index < -0.39 is 0 Å². The lowest BCUT2D eigenvalue weighted by Crippen LogP contribution is -2.35. The number of hydrogen-bond acceptors (Lipinski definition) is 4. The molecular weight excluding hydrogens is 244 g/mol. The van der Waals surface area contributed by atoms with E-state index in [0.29, 0.717) is 0 Å². The fourth-order valence-corrected chi connectivity index (χ4v) is 3.19. The molecule has 0 unspecified atom stereocenters. The van der Waals surface area contributed by atoms with Crippen LogP contribution in [0.4, 0.5) is 0 Å². The molecule has 0 atom stereocenters. The van der Waals surface area contributed by atoms with Crippen molar-refractivity contribution in [3.8, 4) is 0 Å². The summed E-state index contributed by atoms with van der Waals surface area (Å²) < 4.78 is 5.31. The second-order valence-corrected chi connectivity index (χ2v) is 5.70. The average molecular weight is 268 g/mol. The summed E-state index contributed by atoms with van der Waals surface area (Å²) in [6, 6.07) is 2.28. The molecule has 2 rings (SSSR count). The summed E-state index contributed by atoms with van der Waals surface area (Å²) in [5.41, 5.74) is 1.54. The van der Waals surface area contributed by atoms with E-state index in [1.807, 2.05) is 18.3 Å². The van der Waals surface area contributed by atoms with Crippen LogP contribution in [-0.4, -0.2) is 44.3 Å². The van der Waals surface area contributed by atoms with Crippen LogP contribution in [0.2, 0.25) is 0 Å². The summed E-state index contributed by atoms with van der Waals surface area (Å²) in [7, 11) is 0. The molecule has 102 valence electrons. The topological polar surface area (TPSA) is 24.5 Å². The summed E-state index contributed by atoms with van der Waals surface area (Å²) in [4.78, 5) is 4.14. The second kappa shape index (κ2) is 7.89. The third kappa shape index (κ3) is 4.35. The maximum atomic E-state index is 5.31. The lowest BCUT2D eigenvalue weighted by atomic mass is 10.1. The fourth-order valence-electron chi connectivity index (χ4n) is 2.30. The summed E-state index contributed by atoms with van der Waals surface area (Å²) in [5, 5.41) is 5.71. The Kier molecular flexibility index (Phi) is 6.14. The van der Waals surface area contributed by atoms with Crippen molar-refractivity contribution in [2.75, 3.05) is 39.4 Å². The largest absolute Gasteiger partial charge is 0.382 e. The van der Waals surface area contributed by atoms with Crippen molar-refractivity contribution >= 4 is 11.3 Å². The highest BCUT2D eigenvalue weighted by Crippen LogP contribution is 2.23. The van der Waals surface area contributed by atoms with E-state index in [1.54, 1.807) is 10.4 Å². The van der Waals surface area contributed by atoms with E-state index in [2.05, 4.69) is 21.7 Å². The molecule has 1 N–H and O–H groups in total. The van der Waals surface area contributed by atoms with Gasteiger partial charge in [-0.25, -0.2) is 0 Å². The van der Waals surface area contributed by atoms with E-state index >= 15 is 0 Å². The summed E-state index contributed by atoms with van der Waals surface area (Å²) in [6.45, 7) is 9.42. The third-order valence-electron chi connectivity index (χ3n) is 3.34. The van der Waals surface area contributed by atoms with Crippen molar-refractivity contribution < 1.29 is 4.74 Å². The van der Waals surface area contributed by atoms with Gasteiger partial charge in [0.15, 0.2) is 0 Å². The van der Waals surface area contributed by atoms with Crippen LogP contribution in [0.25, 0.3) is 0 Å². The van der Waals surface area contributed by atoms with Crippen LogP contribution in [0.1, 0.15) is 23.8 Å². The highest BCUT2D eigenvalue weighted by molar-refractivity contribution is 7.10. The zero-order valence-corrected chi connectivity index (χ0v) is 12.1. The number of rotatable bonds is 8. The Morgan fingerprint density at radius 3 is 3.28 bits per heavy atom. The Bertz CT molecular complexity index is 340. The number of hydrogen-bond donors (Lipinski definition) is 1. The quantitative estimate of drug-likeness (QED) is 0.731. The highest BCUT2D eigenvalue weighted by atomic mass is 32.1. The van der Waals surface area contributed by atoms with E-state index in [1.165, 1.54) is 13.0 Å². The van der Waals surface area contributed by atoms with Crippen molar-refractivity contribution in [2.45, 2.75) is 26.3 Å². The van der Waals surface area contributed by atoms with Crippen molar-refractivity contribution in [1.29, 1.82) is 0 Å². The molecule has 18 heavy (non-hydrogen) atoms. The van der Waals surface area contributed by atoms with Gasteiger partial charge in [0, 0.05) is 44.3 Å². The monoisotopic (exact) mass is 268 g/mol. The highest BCUT2D eigenvalue weighted by Gasteiger charge is 2.16. The molecule has 0 fully saturated rings. The van der Waals surface area contributed by atoms with Crippen LogP contribution in [0.15, 0.2) is 11.4 Å². The molecular formula is C14H24N2OS. The molecule has 4 heteroatoms. The van der Waals surface area contributed by atoms with Gasteiger partial charge in [-0.15, -0.1) is 11.3 Å². The summed E-state index contributed by atoms with van der Waals surface area (Å²) >= 11 is 1.91. The molecule has 3 nitrogen and oxygen atoms in total. The first-order chi connectivity index (χ1) is 8.90. The first-order valence-corrected chi connectivity index (χ1v) is 7.84. The van der Waals surface area contributed by atoms with Gasteiger partial charge < -0.3 is 10.1 Å². The number of nitrogens with zero attached hydrogens (tertiary/aromatic N) is 1. The SMILES string of the molecule is CCOCCCNCCN1CCc2sccc2C1. The Labute approximate surface area is 114 Å². The average Bonchev–Trinajstić information content (AvgIpc) is 2.85. The van der Waals surface area contributed by atoms with Crippen molar-refractivity contribution in [2.24, 2.45) is 0 Å². The molecule has 0 saturated carbocycles. The van der Waals surface area contributed by atoms with Gasteiger partial charge in [0.1, 0.15) is 0 Å². The summed E-state index contributed by atoms with van der Waals surface area (Å²) in [5.74, 6) is 0. The van der Waals surface area contributed by atoms with Crippen molar-refractivity contribution in [3.63, 3.8) is 0 Å². The van der Waals surface area contributed by atoms with Crippen LogP contribution < -0.4 is 5.32 Å². The Morgan fingerprint density at radius 1 is 1.44 bits per heavy atom. The predicted molar refractivity (Wildman–Crippen MR) is 77.3 cm³/mol. The van der Waals surface area contributed by atoms with Gasteiger partial charge in [-0.05, 0) is 43.3 Å². The summed E-state index contributed by atoms with van der Waals surface area (Å²) in [6.07, 6.45) is 2.35. The first-order valence-electron chi connectivity index (χ1n) is 6.96. The van der Waals surface area contributed by atoms with Gasteiger partial charge in [0.05, 0.1) is 0 Å². The molecule has 1 aliphatic heterocycles. The zero-order valence-electron chi connectivity index (χ0n) is 11.3. The van der Waals surface area contributed by atoms with Gasteiger partial charge in [0.2, 0.25) is 0 Å². The van der Waals surface area contributed by atoms with E-state index in [4.69, 9.17) is 4.74 Å². The number of nitrogens with one attached hydrogen (secondary N) is 1. The minimum absolute atomic E-state index is 0.830. The van der Waals surface area contributed by atoms with Gasteiger partial charge in [-0.2, -0.15) is 0 Å². The number of thiophene rings is 1. The van der Waals surface area contributed by atoms with Crippen LogP contribution in [0.3, 0.4) is 0 Å². The molecule has 0 aromatic carbocycles. The normalized spacial score (nSPS) is 15.8. The number of fused-ring (bicyclic) bond motifs is 1. The van der Waals surface area contributed by atoms with Crippen LogP contribution in [0.5, 0.6) is 0 Å². The molecule has 0 bridgehead atoms. The van der Waals surface area contributed by atoms with E-state index in [9.17, 15) is 0 Å². The standard InChI is InChI=1S/C14H24N2OS/c1-2-17-10-3-6-15-7-9-16-8-4-14-13(12-16)5-11-18-14/h5,11,15H,2-4,6-10,12H2,1H3. The van der Waals surface area contributed by atoms with Gasteiger partial charge in [-0.1, -0.05) is 0 Å². The zero-order chi connectivity index (χ0) is 12.6. The first kappa shape index (κ1) is 14.0. The Morgan fingerprint density at radius 2 is 2.39 bits per heavy atom. The predicted octanol–water partition coefficient (Wildman–Crippen LogP) is 2.12. The molecule has 0 amide bonds. The van der Waals surface area contributed by atoms with Crippen molar-refractivity contribution in [3.05, 3.63) is 21.9 Å². The molecule has 1 aromatic heterocycles. The molecule has 0 radical (unpaired) electrons. The molecule has 1 aromatic rings. The van der Waals surface area contributed by atoms with Gasteiger partial charge in [0.25, 0.3) is 0 Å². The second-order valence-electron chi connectivity index (χ2n) is 4.70. The minimum atomic E-state index is 0.830. The maximum Gasteiger partial charge on any atom is 0.0477 e. The third-order valence-corrected chi connectivity index (χ3v) is 4.36. The Balaban J connectivity index is 1.53. The minimum Gasteiger partial charge on any atom is -0.382 e. The Hall–Kier alpha value is -0.420. The fraction of sp³-hybridized carbons (Fsp3) is 0.714. The smallest absolute Gasteiger partial charge is 0.0477 e. The maximum absolute atomic E-state index is 5.31. The number of ether oxygens (including phenoxy) is 1. The van der Waals surface area contributed by atoms with Gasteiger partial charge in [-0.3, -0.25) is 4.90 Å². The molecule has 0 aliphatic carbocycles. The molecule has 0 saturated heterocycles. The van der Waals surface area contributed by atoms with Crippen LogP contribution >= 0.6 is 11.3 Å². The lowest BCUT2D eigenvalue weighted by molar-refractivity contribution is 0.144.